The molecule has 0 aromatic heterocycles. The van der Waals surface area contributed by atoms with E-state index in [1.165, 1.54) is 20.1 Å². The highest BCUT2D eigenvalue weighted by atomic mass is 16.5. The number of methoxy groups -OCH3 is 1. The molecule has 0 aromatic rings. The van der Waals surface area contributed by atoms with Crippen LogP contribution in [0.1, 0.15) is 40.0 Å². The Kier molecular flexibility index (Phi) is 6.65. The predicted octanol–water partition coefficient (Wildman–Crippen LogP) is 1.65. The quantitative estimate of drug-likeness (QED) is 0.734. The summed E-state index contributed by atoms with van der Waals surface area (Å²) in [6.07, 6.45) is 3.47. The van der Waals surface area contributed by atoms with Crippen LogP contribution in [0.15, 0.2) is 0 Å². The summed E-state index contributed by atoms with van der Waals surface area (Å²) in [7, 11) is 1.46. The van der Waals surface area contributed by atoms with Gasteiger partial charge in [-0.2, -0.15) is 0 Å². The first kappa shape index (κ1) is 15.4. The van der Waals surface area contributed by atoms with Crippen LogP contribution < -0.4 is 5.32 Å². The maximum absolute atomic E-state index is 11.7. The van der Waals surface area contributed by atoms with Gasteiger partial charge in [-0.05, 0) is 44.8 Å². The molecular weight excluding hydrogens is 228 g/mol. The molecule has 0 radical (unpaired) electrons. The van der Waals surface area contributed by atoms with E-state index in [1.807, 2.05) is 0 Å². The van der Waals surface area contributed by atoms with E-state index in [-0.39, 0.29) is 17.9 Å². The van der Waals surface area contributed by atoms with Crippen molar-refractivity contribution in [3.63, 3.8) is 0 Å². The number of ether oxygens (including phenoxy) is 1. The van der Waals surface area contributed by atoms with Gasteiger partial charge in [-0.15, -0.1) is 0 Å². The topological polar surface area (TPSA) is 41.6 Å². The lowest BCUT2D eigenvalue weighted by atomic mass is 9.99. The molecule has 4 heteroatoms. The number of rotatable bonds is 6. The highest BCUT2D eigenvalue weighted by Gasteiger charge is 2.27. The standard InChI is InChI=1S/C14H28N2O2/c1-5-8-16-9-6-12(7-10-16)15-13(11(2)3)14(17)18-4/h11-13,15H,5-10H2,1-4H3/t13-/m0/s1. The molecule has 1 fully saturated rings. The maximum Gasteiger partial charge on any atom is 0.323 e. The summed E-state index contributed by atoms with van der Waals surface area (Å²) >= 11 is 0. The van der Waals surface area contributed by atoms with E-state index in [4.69, 9.17) is 4.74 Å². The van der Waals surface area contributed by atoms with Crippen molar-refractivity contribution in [1.82, 2.24) is 10.2 Å². The van der Waals surface area contributed by atoms with Gasteiger partial charge in [0.2, 0.25) is 0 Å². The van der Waals surface area contributed by atoms with E-state index in [0.717, 1.165) is 25.9 Å². The Morgan fingerprint density at radius 2 is 2.00 bits per heavy atom. The fourth-order valence-electron chi connectivity index (χ4n) is 2.55. The van der Waals surface area contributed by atoms with Crippen LogP contribution in [0, 0.1) is 5.92 Å². The van der Waals surface area contributed by atoms with Crippen LogP contribution in [0.3, 0.4) is 0 Å². The number of esters is 1. The summed E-state index contributed by atoms with van der Waals surface area (Å²) in [5.74, 6) is 0.132. The zero-order chi connectivity index (χ0) is 13.5. The Bertz CT molecular complexity index is 248. The minimum absolute atomic E-state index is 0.138. The average molecular weight is 256 g/mol. The highest BCUT2D eigenvalue weighted by molar-refractivity contribution is 5.75. The fraction of sp³-hybridized carbons (Fsp3) is 0.929. The molecule has 1 aliphatic rings. The van der Waals surface area contributed by atoms with E-state index in [9.17, 15) is 4.79 Å². The normalized spacial score (nSPS) is 20.1. The molecule has 1 saturated heterocycles. The third-order valence-corrected chi connectivity index (χ3v) is 3.66. The van der Waals surface area contributed by atoms with Crippen LogP contribution in [0.5, 0.6) is 0 Å². The Morgan fingerprint density at radius 3 is 2.44 bits per heavy atom. The van der Waals surface area contributed by atoms with Crippen molar-refractivity contribution in [1.29, 1.82) is 0 Å². The molecule has 1 N–H and O–H groups in total. The average Bonchev–Trinajstić information content (AvgIpc) is 2.37. The van der Waals surface area contributed by atoms with Crippen molar-refractivity contribution in [3.05, 3.63) is 0 Å². The number of carbonyl (C=O) groups excluding carboxylic acids is 1. The van der Waals surface area contributed by atoms with Gasteiger partial charge in [0, 0.05) is 6.04 Å². The molecule has 1 aliphatic heterocycles. The zero-order valence-electron chi connectivity index (χ0n) is 12.2. The molecule has 0 spiro atoms. The van der Waals surface area contributed by atoms with Crippen LogP contribution >= 0.6 is 0 Å². The zero-order valence-corrected chi connectivity index (χ0v) is 12.2. The van der Waals surface area contributed by atoms with Gasteiger partial charge in [0.25, 0.3) is 0 Å². The molecule has 106 valence electrons. The summed E-state index contributed by atoms with van der Waals surface area (Å²) < 4.78 is 4.86. The van der Waals surface area contributed by atoms with Gasteiger partial charge < -0.3 is 15.0 Å². The van der Waals surface area contributed by atoms with Crippen molar-refractivity contribution in [2.24, 2.45) is 5.92 Å². The van der Waals surface area contributed by atoms with Crippen molar-refractivity contribution in [3.8, 4) is 0 Å². The van der Waals surface area contributed by atoms with E-state index < -0.39 is 0 Å². The minimum Gasteiger partial charge on any atom is -0.468 e. The maximum atomic E-state index is 11.7. The molecule has 1 heterocycles. The first-order valence-corrected chi connectivity index (χ1v) is 7.14. The van der Waals surface area contributed by atoms with Crippen molar-refractivity contribution >= 4 is 5.97 Å². The van der Waals surface area contributed by atoms with Crippen LogP contribution in [-0.4, -0.2) is 49.7 Å². The summed E-state index contributed by atoms with van der Waals surface area (Å²) in [4.78, 5) is 14.2. The van der Waals surface area contributed by atoms with Crippen LogP contribution in [0.2, 0.25) is 0 Å². The Labute approximate surface area is 111 Å². The molecule has 0 bridgehead atoms. The van der Waals surface area contributed by atoms with E-state index in [2.05, 4.69) is 31.0 Å². The molecule has 0 amide bonds. The molecule has 18 heavy (non-hydrogen) atoms. The molecule has 1 rings (SSSR count). The molecule has 0 saturated carbocycles. The van der Waals surface area contributed by atoms with E-state index in [1.54, 1.807) is 0 Å². The minimum atomic E-state index is -0.169. The van der Waals surface area contributed by atoms with Crippen molar-refractivity contribution < 1.29 is 9.53 Å². The number of nitrogens with zero attached hydrogens (tertiary/aromatic N) is 1. The largest absolute Gasteiger partial charge is 0.468 e. The molecule has 0 aliphatic carbocycles. The summed E-state index contributed by atoms with van der Waals surface area (Å²) in [5.41, 5.74) is 0. The number of hydrogen-bond donors (Lipinski definition) is 1. The van der Waals surface area contributed by atoms with Crippen molar-refractivity contribution in [2.75, 3.05) is 26.7 Å². The monoisotopic (exact) mass is 256 g/mol. The third-order valence-electron chi connectivity index (χ3n) is 3.66. The van der Waals surface area contributed by atoms with Gasteiger partial charge in [-0.25, -0.2) is 0 Å². The number of piperidine rings is 1. The second-order valence-electron chi connectivity index (χ2n) is 5.53. The Hall–Kier alpha value is -0.610. The number of likely N-dealkylation sites (tertiary alicyclic amines) is 1. The first-order valence-electron chi connectivity index (χ1n) is 7.14. The van der Waals surface area contributed by atoms with E-state index >= 15 is 0 Å². The van der Waals surface area contributed by atoms with Gasteiger partial charge >= 0.3 is 5.97 Å². The van der Waals surface area contributed by atoms with E-state index in [0.29, 0.717) is 6.04 Å². The van der Waals surface area contributed by atoms with Gasteiger partial charge in [0.05, 0.1) is 7.11 Å². The smallest absolute Gasteiger partial charge is 0.323 e. The number of carbonyl (C=O) groups is 1. The first-order chi connectivity index (χ1) is 8.58. The Balaban J connectivity index is 2.40. The lowest BCUT2D eigenvalue weighted by Gasteiger charge is -2.34. The second kappa shape index (κ2) is 7.74. The van der Waals surface area contributed by atoms with Crippen molar-refractivity contribution in [2.45, 2.75) is 52.1 Å². The highest BCUT2D eigenvalue weighted by Crippen LogP contribution is 2.14. The summed E-state index contributed by atoms with van der Waals surface area (Å²) in [6, 6.07) is 0.280. The molecule has 0 unspecified atom stereocenters. The van der Waals surface area contributed by atoms with Gasteiger partial charge in [-0.3, -0.25) is 4.79 Å². The second-order valence-corrected chi connectivity index (χ2v) is 5.53. The van der Waals surface area contributed by atoms with Crippen LogP contribution in [0.25, 0.3) is 0 Å². The fourth-order valence-corrected chi connectivity index (χ4v) is 2.55. The number of hydrogen-bond acceptors (Lipinski definition) is 4. The number of nitrogens with one attached hydrogen (secondary N) is 1. The van der Waals surface area contributed by atoms with Gasteiger partial charge in [0.1, 0.15) is 6.04 Å². The van der Waals surface area contributed by atoms with Gasteiger partial charge in [0.15, 0.2) is 0 Å². The summed E-state index contributed by atoms with van der Waals surface area (Å²) in [6.45, 7) is 9.80. The summed E-state index contributed by atoms with van der Waals surface area (Å²) in [5, 5.41) is 3.47. The Morgan fingerprint density at radius 1 is 1.39 bits per heavy atom. The third kappa shape index (κ3) is 4.58. The molecule has 0 aromatic carbocycles. The van der Waals surface area contributed by atoms with Crippen LogP contribution in [0.4, 0.5) is 0 Å². The molecule has 1 atom stereocenters. The lowest BCUT2D eigenvalue weighted by molar-refractivity contribution is -0.144. The molecular formula is C14H28N2O2. The lowest BCUT2D eigenvalue weighted by Crippen LogP contribution is -2.51. The van der Waals surface area contributed by atoms with Crippen LogP contribution in [-0.2, 0) is 9.53 Å². The molecule has 4 nitrogen and oxygen atoms in total. The van der Waals surface area contributed by atoms with Gasteiger partial charge in [-0.1, -0.05) is 20.8 Å². The SMILES string of the molecule is CCCN1CCC(N[C@H](C(=O)OC)C(C)C)CC1. The predicted molar refractivity (Wildman–Crippen MR) is 73.5 cm³/mol.